The summed E-state index contributed by atoms with van der Waals surface area (Å²) in [5.41, 5.74) is 6.40. The Balaban J connectivity index is 2.68. The van der Waals surface area contributed by atoms with E-state index < -0.39 is 5.82 Å². The smallest absolute Gasteiger partial charge is 0.230 e. The van der Waals surface area contributed by atoms with E-state index in [1.165, 1.54) is 19.4 Å². The van der Waals surface area contributed by atoms with E-state index >= 15 is 0 Å². The predicted octanol–water partition coefficient (Wildman–Crippen LogP) is 2.72. The lowest BCUT2D eigenvalue weighted by Crippen LogP contribution is -1.92. The maximum atomic E-state index is 13.2. The maximum Gasteiger partial charge on any atom is 0.230 e. The number of nitrogens with zero attached hydrogens (tertiary/aromatic N) is 1. The third kappa shape index (κ3) is 1.69. The highest BCUT2D eigenvalue weighted by Gasteiger charge is 2.16. The van der Waals surface area contributed by atoms with Gasteiger partial charge in [-0.05, 0) is 12.1 Å². The highest BCUT2D eigenvalue weighted by molar-refractivity contribution is 6.32. The van der Waals surface area contributed by atoms with Crippen molar-refractivity contribution < 1.29 is 13.7 Å². The van der Waals surface area contributed by atoms with Crippen LogP contribution in [-0.4, -0.2) is 12.3 Å². The van der Waals surface area contributed by atoms with Gasteiger partial charge in [0.1, 0.15) is 11.6 Å². The molecule has 1 aromatic carbocycles. The van der Waals surface area contributed by atoms with Crippen molar-refractivity contribution in [2.75, 3.05) is 12.8 Å². The number of anilines is 1. The van der Waals surface area contributed by atoms with Crippen molar-refractivity contribution in [3.63, 3.8) is 0 Å². The summed E-state index contributed by atoms with van der Waals surface area (Å²) in [5, 5.41) is 3.68. The first-order valence-electron chi connectivity index (χ1n) is 4.37. The van der Waals surface area contributed by atoms with E-state index in [4.69, 9.17) is 26.6 Å². The van der Waals surface area contributed by atoms with Crippen molar-refractivity contribution in [1.82, 2.24) is 5.16 Å². The van der Waals surface area contributed by atoms with Gasteiger partial charge < -0.3 is 15.0 Å². The van der Waals surface area contributed by atoms with Gasteiger partial charge in [-0.1, -0.05) is 16.8 Å². The standard InChI is InChI=1S/C10H8ClFN2O2/c1-15-9-6(2-5(12)3-8(9)11)7-4-14-16-10(7)13/h2-4H,13H2,1H3. The summed E-state index contributed by atoms with van der Waals surface area (Å²) in [4.78, 5) is 0. The van der Waals surface area contributed by atoms with Crippen molar-refractivity contribution in [3.8, 4) is 16.9 Å². The Labute approximate surface area is 95.7 Å². The number of nitrogen functional groups attached to an aromatic ring is 1. The molecule has 0 aliphatic carbocycles. The molecular formula is C10H8ClFN2O2. The Morgan fingerprint density at radius 2 is 2.19 bits per heavy atom. The number of aromatic nitrogens is 1. The number of halogens is 2. The average molecular weight is 243 g/mol. The van der Waals surface area contributed by atoms with Crippen LogP contribution in [0.5, 0.6) is 5.75 Å². The van der Waals surface area contributed by atoms with Gasteiger partial charge in [-0.2, -0.15) is 0 Å². The highest BCUT2D eigenvalue weighted by atomic mass is 35.5. The van der Waals surface area contributed by atoms with E-state index in [2.05, 4.69) is 5.16 Å². The second kappa shape index (κ2) is 4.02. The minimum Gasteiger partial charge on any atom is -0.495 e. The quantitative estimate of drug-likeness (QED) is 0.880. The largest absolute Gasteiger partial charge is 0.495 e. The summed E-state index contributed by atoms with van der Waals surface area (Å²) < 4.78 is 23.0. The van der Waals surface area contributed by atoms with E-state index in [0.29, 0.717) is 16.9 Å². The van der Waals surface area contributed by atoms with Crippen LogP contribution in [0, 0.1) is 5.82 Å². The molecular weight excluding hydrogens is 235 g/mol. The molecule has 2 N–H and O–H groups in total. The van der Waals surface area contributed by atoms with E-state index in [1.54, 1.807) is 0 Å². The zero-order valence-corrected chi connectivity index (χ0v) is 9.08. The summed E-state index contributed by atoms with van der Waals surface area (Å²) in [5.74, 6) is -0.0701. The van der Waals surface area contributed by atoms with Crippen LogP contribution in [-0.2, 0) is 0 Å². The molecule has 0 saturated carbocycles. The lowest BCUT2D eigenvalue weighted by molar-refractivity contribution is 0.415. The Morgan fingerprint density at radius 1 is 1.44 bits per heavy atom. The van der Waals surface area contributed by atoms with Gasteiger partial charge in [0.05, 0.1) is 23.9 Å². The Bertz CT molecular complexity index is 528. The molecule has 0 aliphatic heterocycles. The molecule has 2 aromatic rings. The Kier molecular flexibility index (Phi) is 2.70. The van der Waals surface area contributed by atoms with Gasteiger partial charge in [0.25, 0.3) is 0 Å². The fourth-order valence-corrected chi connectivity index (χ4v) is 1.70. The fourth-order valence-electron chi connectivity index (χ4n) is 1.42. The molecule has 0 atom stereocenters. The molecule has 0 bridgehead atoms. The first-order valence-corrected chi connectivity index (χ1v) is 4.75. The summed E-state index contributed by atoms with van der Waals surface area (Å²) in [6.45, 7) is 0. The van der Waals surface area contributed by atoms with Crippen LogP contribution in [0.15, 0.2) is 22.9 Å². The minimum atomic E-state index is -0.485. The summed E-state index contributed by atoms with van der Waals surface area (Å²) in [7, 11) is 1.44. The van der Waals surface area contributed by atoms with Crippen LogP contribution < -0.4 is 10.5 Å². The molecule has 1 heterocycles. The average Bonchev–Trinajstić information content (AvgIpc) is 2.63. The topological polar surface area (TPSA) is 61.3 Å². The number of hydrogen-bond donors (Lipinski definition) is 1. The fraction of sp³-hybridized carbons (Fsp3) is 0.100. The Hall–Kier alpha value is -1.75. The van der Waals surface area contributed by atoms with E-state index in [9.17, 15) is 4.39 Å². The highest BCUT2D eigenvalue weighted by Crippen LogP contribution is 2.39. The number of ether oxygens (including phenoxy) is 1. The monoisotopic (exact) mass is 242 g/mol. The van der Waals surface area contributed by atoms with Crippen LogP contribution >= 0.6 is 11.6 Å². The van der Waals surface area contributed by atoms with E-state index in [0.717, 1.165) is 6.07 Å². The number of nitrogens with two attached hydrogens (primary N) is 1. The zero-order chi connectivity index (χ0) is 11.7. The van der Waals surface area contributed by atoms with E-state index in [-0.39, 0.29) is 10.9 Å². The van der Waals surface area contributed by atoms with Crippen molar-refractivity contribution in [2.24, 2.45) is 0 Å². The van der Waals surface area contributed by atoms with Crippen molar-refractivity contribution >= 4 is 17.5 Å². The molecule has 0 amide bonds. The molecule has 0 spiro atoms. The molecule has 1 aromatic heterocycles. The molecule has 0 radical (unpaired) electrons. The van der Waals surface area contributed by atoms with Gasteiger partial charge in [-0.25, -0.2) is 4.39 Å². The first kappa shape index (κ1) is 10.8. The zero-order valence-electron chi connectivity index (χ0n) is 8.33. The number of methoxy groups -OCH3 is 1. The lowest BCUT2D eigenvalue weighted by Gasteiger charge is -2.09. The van der Waals surface area contributed by atoms with E-state index in [1.807, 2.05) is 0 Å². The maximum absolute atomic E-state index is 13.2. The third-order valence-corrected chi connectivity index (χ3v) is 2.38. The summed E-state index contributed by atoms with van der Waals surface area (Å²) in [6.07, 6.45) is 1.38. The molecule has 2 rings (SSSR count). The molecule has 0 unspecified atom stereocenters. The number of benzene rings is 1. The molecule has 4 nitrogen and oxygen atoms in total. The van der Waals surface area contributed by atoms with Crippen LogP contribution in [0.1, 0.15) is 0 Å². The summed E-state index contributed by atoms with van der Waals surface area (Å²) in [6, 6.07) is 2.42. The molecule has 0 saturated heterocycles. The van der Waals surface area contributed by atoms with Crippen LogP contribution in [0.3, 0.4) is 0 Å². The third-order valence-electron chi connectivity index (χ3n) is 2.10. The number of rotatable bonds is 2. The van der Waals surface area contributed by atoms with Crippen molar-refractivity contribution in [2.45, 2.75) is 0 Å². The van der Waals surface area contributed by atoms with Crippen LogP contribution in [0.25, 0.3) is 11.1 Å². The SMILES string of the molecule is COc1c(Cl)cc(F)cc1-c1cnoc1N. The van der Waals surface area contributed by atoms with Crippen LogP contribution in [0.2, 0.25) is 5.02 Å². The molecule has 16 heavy (non-hydrogen) atoms. The van der Waals surface area contributed by atoms with Gasteiger partial charge in [-0.3, -0.25) is 0 Å². The van der Waals surface area contributed by atoms with Crippen molar-refractivity contribution in [3.05, 3.63) is 29.2 Å². The number of hydrogen-bond acceptors (Lipinski definition) is 4. The second-order valence-electron chi connectivity index (χ2n) is 3.07. The normalized spacial score (nSPS) is 10.4. The van der Waals surface area contributed by atoms with Gasteiger partial charge >= 0.3 is 0 Å². The molecule has 6 heteroatoms. The molecule has 0 fully saturated rings. The summed E-state index contributed by atoms with van der Waals surface area (Å²) >= 11 is 5.85. The lowest BCUT2D eigenvalue weighted by atomic mass is 10.1. The first-order chi connectivity index (χ1) is 7.63. The van der Waals surface area contributed by atoms with Gasteiger partial charge in [0, 0.05) is 5.56 Å². The molecule has 84 valence electrons. The second-order valence-corrected chi connectivity index (χ2v) is 3.48. The van der Waals surface area contributed by atoms with Crippen molar-refractivity contribution in [1.29, 1.82) is 0 Å². The van der Waals surface area contributed by atoms with Gasteiger partial charge in [0.15, 0.2) is 0 Å². The van der Waals surface area contributed by atoms with Crippen LogP contribution in [0.4, 0.5) is 10.3 Å². The predicted molar refractivity (Wildman–Crippen MR) is 57.9 cm³/mol. The molecule has 0 aliphatic rings. The minimum absolute atomic E-state index is 0.0833. The van der Waals surface area contributed by atoms with Gasteiger partial charge in [-0.15, -0.1) is 0 Å². The van der Waals surface area contributed by atoms with Gasteiger partial charge in [0.2, 0.25) is 5.88 Å². The Morgan fingerprint density at radius 3 is 2.75 bits per heavy atom.